The molecule has 9 heteroatoms. The van der Waals surface area contributed by atoms with E-state index < -0.39 is 11.0 Å². The number of nitrogens with one attached hydrogen (secondary N) is 1. The number of rotatable bonds is 13. The van der Waals surface area contributed by atoms with Crippen molar-refractivity contribution >= 4 is 29.3 Å². The highest BCUT2D eigenvalue weighted by molar-refractivity contribution is 7.99. The van der Waals surface area contributed by atoms with Crippen molar-refractivity contribution in [2.45, 2.75) is 56.5 Å². The molecule has 3 aromatic carbocycles. The summed E-state index contributed by atoms with van der Waals surface area (Å²) >= 11 is 1.43. The van der Waals surface area contributed by atoms with Gasteiger partial charge in [-0.3, -0.25) is 19.7 Å². The number of nitro groups is 1. The normalized spacial score (nSPS) is 13.9. The van der Waals surface area contributed by atoms with Crippen molar-refractivity contribution in [2.24, 2.45) is 0 Å². The second kappa shape index (κ2) is 14.5. The summed E-state index contributed by atoms with van der Waals surface area (Å²) in [5.74, 6) is 1.11. The minimum absolute atomic E-state index is 0.0336. The first kappa shape index (κ1) is 29.1. The molecule has 0 saturated heterocycles. The van der Waals surface area contributed by atoms with Gasteiger partial charge < -0.3 is 15.0 Å². The molecule has 0 unspecified atom stereocenters. The van der Waals surface area contributed by atoms with Crippen LogP contribution in [-0.4, -0.2) is 46.6 Å². The van der Waals surface area contributed by atoms with Gasteiger partial charge in [-0.05, 0) is 41.7 Å². The minimum Gasteiger partial charge on any atom is -0.497 e. The number of thioether (sulfide) groups is 1. The number of ether oxygens (including phenoxy) is 1. The van der Waals surface area contributed by atoms with Crippen molar-refractivity contribution in [2.75, 3.05) is 12.9 Å². The van der Waals surface area contributed by atoms with Crippen LogP contribution in [-0.2, 0) is 28.3 Å². The standard InChI is InChI=1S/C31H35N3O5S/c1-39-28-13-7-10-25(18-28)20-33(30(35)22-40-21-24-14-16-27(17-15-24)34(37)38)29(19-23-8-3-2-4-9-23)31(36)32-26-11-5-6-12-26/h2-4,7-10,13-18,26,29H,5-6,11-12,19-22H2,1H3,(H,32,36)/t29-/m1/s1. The Kier molecular flexibility index (Phi) is 10.6. The van der Waals surface area contributed by atoms with Gasteiger partial charge in [0.1, 0.15) is 11.8 Å². The van der Waals surface area contributed by atoms with E-state index >= 15 is 0 Å². The molecule has 0 bridgehead atoms. The summed E-state index contributed by atoms with van der Waals surface area (Å²) in [6, 6.07) is 23.1. The lowest BCUT2D eigenvalue weighted by Crippen LogP contribution is -2.52. The Balaban J connectivity index is 1.55. The molecule has 1 N–H and O–H groups in total. The van der Waals surface area contributed by atoms with Crippen molar-refractivity contribution in [1.82, 2.24) is 10.2 Å². The van der Waals surface area contributed by atoms with E-state index in [9.17, 15) is 19.7 Å². The highest BCUT2D eigenvalue weighted by Gasteiger charge is 2.32. The number of hydrogen-bond acceptors (Lipinski definition) is 6. The third kappa shape index (κ3) is 8.32. The second-order valence-corrected chi connectivity index (χ2v) is 11.0. The summed E-state index contributed by atoms with van der Waals surface area (Å²) in [5.41, 5.74) is 2.78. The lowest BCUT2D eigenvalue weighted by atomic mass is 10.0. The predicted molar refractivity (Wildman–Crippen MR) is 157 cm³/mol. The number of nitro benzene ring substituents is 1. The summed E-state index contributed by atoms with van der Waals surface area (Å²) in [6.07, 6.45) is 4.51. The van der Waals surface area contributed by atoms with E-state index in [1.807, 2.05) is 54.6 Å². The largest absolute Gasteiger partial charge is 0.497 e. The quantitative estimate of drug-likeness (QED) is 0.217. The van der Waals surface area contributed by atoms with Gasteiger partial charge in [0.15, 0.2) is 0 Å². The highest BCUT2D eigenvalue weighted by Crippen LogP contribution is 2.23. The van der Waals surface area contributed by atoms with Gasteiger partial charge in [0.05, 0.1) is 17.8 Å². The summed E-state index contributed by atoms with van der Waals surface area (Å²) in [7, 11) is 1.60. The third-order valence-corrected chi connectivity index (χ3v) is 8.09. The van der Waals surface area contributed by atoms with Gasteiger partial charge in [0, 0.05) is 36.9 Å². The van der Waals surface area contributed by atoms with E-state index in [0.717, 1.165) is 42.4 Å². The Morgan fingerprint density at radius 1 is 1.00 bits per heavy atom. The Morgan fingerprint density at radius 3 is 2.38 bits per heavy atom. The van der Waals surface area contributed by atoms with Crippen molar-refractivity contribution in [3.63, 3.8) is 0 Å². The molecule has 0 heterocycles. The van der Waals surface area contributed by atoms with Crippen LogP contribution in [0.1, 0.15) is 42.4 Å². The van der Waals surface area contributed by atoms with Gasteiger partial charge in [-0.25, -0.2) is 0 Å². The number of benzene rings is 3. The second-order valence-electron chi connectivity index (χ2n) is 9.99. The van der Waals surface area contributed by atoms with Crippen LogP contribution in [0.15, 0.2) is 78.9 Å². The lowest BCUT2D eigenvalue weighted by Gasteiger charge is -2.32. The number of methoxy groups -OCH3 is 1. The number of carbonyl (C=O) groups is 2. The summed E-state index contributed by atoms with van der Waals surface area (Å²) in [5, 5.41) is 14.2. The van der Waals surface area contributed by atoms with Gasteiger partial charge >= 0.3 is 0 Å². The van der Waals surface area contributed by atoms with Crippen LogP contribution in [0.5, 0.6) is 5.75 Å². The van der Waals surface area contributed by atoms with Gasteiger partial charge in [0.25, 0.3) is 5.69 Å². The molecule has 1 fully saturated rings. The first-order valence-electron chi connectivity index (χ1n) is 13.5. The SMILES string of the molecule is COc1cccc(CN(C(=O)CSCc2ccc([N+](=O)[O-])cc2)[C@H](Cc2ccccc2)C(=O)NC2CCCC2)c1. The Morgan fingerprint density at radius 2 is 1.70 bits per heavy atom. The van der Waals surface area contributed by atoms with Gasteiger partial charge in [0.2, 0.25) is 11.8 Å². The van der Waals surface area contributed by atoms with Crippen LogP contribution in [0.4, 0.5) is 5.69 Å². The van der Waals surface area contributed by atoms with Gasteiger partial charge in [-0.15, -0.1) is 11.8 Å². The van der Waals surface area contributed by atoms with Crippen LogP contribution in [0.3, 0.4) is 0 Å². The van der Waals surface area contributed by atoms with Crippen molar-refractivity contribution in [1.29, 1.82) is 0 Å². The molecule has 1 aliphatic carbocycles. The molecule has 0 radical (unpaired) electrons. The highest BCUT2D eigenvalue weighted by atomic mass is 32.2. The molecular weight excluding hydrogens is 526 g/mol. The summed E-state index contributed by atoms with van der Waals surface area (Å²) in [4.78, 5) is 39.8. The predicted octanol–water partition coefficient (Wildman–Crippen LogP) is 5.54. The maximum atomic E-state index is 13.8. The molecule has 0 aromatic heterocycles. The zero-order valence-corrected chi connectivity index (χ0v) is 23.5. The molecule has 8 nitrogen and oxygen atoms in total. The van der Waals surface area contributed by atoms with E-state index in [2.05, 4.69) is 5.32 Å². The van der Waals surface area contributed by atoms with E-state index in [0.29, 0.717) is 17.9 Å². The smallest absolute Gasteiger partial charge is 0.269 e. The maximum absolute atomic E-state index is 13.8. The average molecular weight is 562 g/mol. The molecule has 0 aliphatic heterocycles. The van der Waals surface area contributed by atoms with Crippen LogP contribution < -0.4 is 10.1 Å². The summed E-state index contributed by atoms with van der Waals surface area (Å²) < 4.78 is 5.40. The monoisotopic (exact) mass is 561 g/mol. The molecule has 2 amide bonds. The number of amides is 2. The van der Waals surface area contributed by atoms with Crippen molar-refractivity contribution < 1.29 is 19.2 Å². The topological polar surface area (TPSA) is 102 Å². The maximum Gasteiger partial charge on any atom is 0.269 e. The molecular formula is C31H35N3O5S. The van der Waals surface area contributed by atoms with Crippen molar-refractivity contribution in [3.8, 4) is 5.75 Å². The molecule has 40 heavy (non-hydrogen) atoms. The van der Waals surface area contributed by atoms with Crippen LogP contribution in [0, 0.1) is 10.1 Å². The molecule has 1 atom stereocenters. The van der Waals surface area contributed by atoms with E-state index in [1.165, 1.54) is 23.9 Å². The molecule has 0 spiro atoms. The molecule has 1 saturated carbocycles. The Hall–Kier alpha value is -3.85. The molecule has 4 rings (SSSR count). The first-order valence-corrected chi connectivity index (χ1v) is 14.7. The average Bonchev–Trinajstić information content (AvgIpc) is 3.48. The van der Waals surface area contributed by atoms with E-state index in [-0.39, 0.29) is 35.8 Å². The number of nitrogens with zero attached hydrogens (tertiary/aromatic N) is 2. The fraction of sp³-hybridized carbons (Fsp3) is 0.355. The lowest BCUT2D eigenvalue weighted by molar-refractivity contribution is -0.384. The Bertz CT molecular complexity index is 1280. The first-order chi connectivity index (χ1) is 19.4. The van der Waals surface area contributed by atoms with Crippen LogP contribution in [0.2, 0.25) is 0 Å². The van der Waals surface area contributed by atoms with Gasteiger partial charge in [-0.1, -0.05) is 67.4 Å². The van der Waals surface area contributed by atoms with Crippen molar-refractivity contribution in [3.05, 3.63) is 106 Å². The summed E-state index contributed by atoms with van der Waals surface area (Å²) in [6.45, 7) is 0.268. The number of carbonyl (C=O) groups excluding carboxylic acids is 2. The van der Waals surface area contributed by atoms with Crippen LogP contribution in [0.25, 0.3) is 0 Å². The zero-order chi connectivity index (χ0) is 28.3. The molecule has 1 aliphatic rings. The molecule has 210 valence electrons. The van der Waals surface area contributed by atoms with E-state index in [1.54, 1.807) is 24.1 Å². The van der Waals surface area contributed by atoms with E-state index in [4.69, 9.17) is 4.74 Å². The number of non-ortho nitro benzene ring substituents is 1. The molecule has 3 aromatic rings. The Labute approximate surface area is 239 Å². The van der Waals surface area contributed by atoms with Gasteiger partial charge in [-0.2, -0.15) is 0 Å². The third-order valence-electron chi connectivity index (χ3n) is 7.10. The fourth-order valence-electron chi connectivity index (χ4n) is 4.94. The fourth-order valence-corrected chi connectivity index (χ4v) is 5.81. The minimum atomic E-state index is -0.679. The zero-order valence-electron chi connectivity index (χ0n) is 22.7. The number of hydrogen-bond donors (Lipinski definition) is 1. The van der Waals surface area contributed by atoms with Crippen LogP contribution >= 0.6 is 11.8 Å².